The molecule has 2 aromatic rings. The van der Waals surface area contributed by atoms with Crippen LogP contribution in [0.2, 0.25) is 0 Å². The van der Waals surface area contributed by atoms with Crippen molar-refractivity contribution in [3.05, 3.63) is 54.1 Å². The summed E-state index contributed by atoms with van der Waals surface area (Å²) < 4.78 is 5.63. The van der Waals surface area contributed by atoms with Crippen LogP contribution in [0.1, 0.15) is 5.56 Å². The fraction of sp³-hybridized carbons (Fsp3) is 0.294. The van der Waals surface area contributed by atoms with Crippen LogP contribution in [0.3, 0.4) is 0 Å². The van der Waals surface area contributed by atoms with Gasteiger partial charge in [0.2, 0.25) is 0 Å². The maximum atomic E-state index is 9.97. The number of hydrogen-bond donors (Lipinski definition) is 2. The number of thioether (sulfide) groups is 1. The molecule has 3 nitrogen and oxygen atoms in total. The van der Waals surface area contributed by atoms with Crippen LogP contribution in [0, 0.1) is 6.92 Å². The molecule has 2 N–H and O–H groups in total. The number of benzene rings is 2. The van der Waals surface area contributed by atoms with E-state index in [0.717, 1.165) is 17.0 Å². The molecule has 0 aliphatic carbocycles. The normalized spacial score (nSPS) is 12.0. The third-order valence-corrected chi connectivity index (χ3v) is 3.90. The van der Waals surface area contributed by atoms with E-state index < -0.39 is 6.10 Å². The molecule has 0 spiro atoms. The minimum absolute atomic E-state index is 0.279. The van der Waals surface area contributed by atoms with E-state index in [2.05, 4.69) is 23.7 Å². The molecule has 21 heavy (non-hydrogen) atoms. The van der Waals surface area contributed by atoms with Gasteiger partial charge in [0, 0.05) is 17.1 Å². The van der Waals surface area contributed by atoms with Crippen LogP contribution in [-0.4, -0.2) is 30.6 Å². The summed E-state index contributed by atoms with van der Waals surface area (Å²) in [5.41, 5.74) is 2.08. The first-order valence-electron chi connectivity index (χ1n) is 6.93. The van der Waals surface area contributed by atoms with Gasteiger partial charge in [-0.05, 0) is 49.1 Å². The smallest absolute Gasteiger partial charge is 0.122 e. The van der Waals surface area contributed by atoms with Crippen molar-refractivity contribution in [2.75, 3.05) is 24.7 Å². The second kappa shape index (κ2) is 7.96. The zero-order valence-corrected chi connectivity index (χ0v) is 13.2. The van der Waals surface area contributed by atoms with Gasteiger partial charge in [-0.15, -0.1) is 11.8 Å². The molecule has 0 bridgehead atoms. The average Bonchev–Trinajstić information content (AvgIpc) is 2.52. The Balaban J connectivity index is 1.76. The van der Waals surface area contributed by atoms with Crippen molar-refractivity contribution in [3.8, 4) is 5.75 Å². The van der Waals surface area contributed by atoms with Crippen LogP contribution in [0.5, 0.6) is 5.75 Å². The van der Waals surface area contributed by atoms with Gasteiger partial charge in [0.15, 0.2) is 0 Å². The van der Waals surface area contributed by atoms with E-state index in [1.54, 1.807) is 11.8 Å². The number of aliphatic hydroxyl groups excluding tert-OH is 1. The van der Waals surface area contributed by atoms with Crippen molar-refractivity contribution < 1.29 is 9.84 Å². The van der Waals surface area contributed by atoms with Crippen LogP contribution in [0.4, 0.5) is 5.69 Å². The molecule has 1 unspecified atom stereocenters. The van der Waals surface area contributed by atoms with E-state index in [1.807, 2.05) is 43.3 Å². The summed E-state index contributed by atoms with van der Waals surface area (Å²) in [6.45, 7) is 2.73. The molecular weight excluding hydrogens is 282 g/mol. The Kier molecular flexibility index (Phi) is 5.96. The number of ether oxygens (including phenoxy) is 1. The average molecular weight is 303 g/mol. The van der Waals surface area contributed by atoms with Crippen molar-refractivity contribution in [2.45, 2.75) is 17.9 Å². The molecule has 112 valence electrons. The van der Waals surface area contributed by atoms with Crippen molar-refractivity contribution in [1.82, 2.24) is 0 Å². The minimum Gasteiger partial charge on any atom is -0.491 e. The summed E-state index contributed by atoms with van der Waals surface area (Å²) in [6, 6.07) is 16.0. The van der Waals surface area contributed by atoms with Gasteiger partial charge in [-0.2, -0.15) is 0 Å². The number of rotatable bonds is 7. The van der Waals surface area contributed by atoms with Crippen LogP contribution < -0.4 is 10.1 Å². The molecule has 0 fully saturated rings. The second-order valence-electron chi connectivity index (χ2n) is 4.84. The first kappa shape index (κ1) is 15.7. The third kappa shape index (κ3) is 4.99. The Hall–Kier alpha value is -1.65. The first-order valence-corrected chi connectivity index (χ1v) is 8.16. The lowest BCUT2D eigenvalue weighted by Crippen LogP contribution is -2.26. The topological polar surface area (TPSA) is 41.5 Å². The standard InChI is InChI=1S/C17H21NO2S/c1-13-5-3-4-6-17(13)20-12-15(19)11-18-14-7-9-16(21-2)10-8-14/h3-10,15,18-19H,11-12H2,1-2H3. The summed E-state index contributed by atoms with van der Waals surface area (Å²) in [5, 5.41) is 13.2. The van der Waals surface area contributed by atoms with Gasteiger partial charge < -0.3 is 15.2 Å². The molecule has 0 aromatic heterocycles. The molecule has 0 amide bonds. The molecule has 1 atom stereocenters. The Morgan fingerprint density at radius 3 is 2.52 bits per heavy atom. The minimum atomic E-state index is -0.551. The number of aliphatic hydroxyl groups is 1. The maximum Gasteiger partial charge on any atom is 0.122 e. The van der Waals surface area contributed by atoms with E-state index in [1.165, 1.54) is 4.90 Å². The summed E-state index contributed by atoms with van der Waals surface area (Å²) >= 11 is 1.71. The van der Waals surface area contributed by atoms with Crippen LogP contribution in [0.25, 0.3) is 0 Å². The molecule has 0 aliphatic rings. The number of aryl methyl sites for hydroxylation is 1. The van der Waals surface area contributed by atoms with E-state index in [4.69, 9.17) is 4.74 Å². The Bertz CT molecular complexity index is 557. The molecule has 0 heterocycles. The predicted molar refractivity (Wildman–Crippen MR) is 89.4 cm³/mol. The van der Waals surface area contributed by atoms with Crippen molar-refractivity contribution in [1.29, 1.82) is 0 Å². The highest BCUT2D eigenvalue weighted by molar-refractivity contribution is 7.98. The summed E-state index contributed by atoms with van der Waals surface area (Å²) in [6.07, 6.45) is 1.50. The summed E-state index contributed by atoms with van der Waals surface area (Å²) in [4.78, 5) is 1.23. The highest BCUT2D eigenvalue weighted by Crippen LogP contribution is 2.18. The summed E-state index contributed by atoms with van der Waals surface area (Å²) in [7, 11) is 0. The Labute approximate surface area is 130 Å². The van der Waals surface area contributed by atoms with E-state index >= 15 is 0 Å². The van der Waals surface area contributed by atoms with Crippen molar-refractivity contribution in [2.24, 2.45) is 0 Å². The lowest BCUT2D eigenvalue weighted by atomic mass is 10.2. The van der Waals surface area contributed by atoms with E-state index in [0.29, 0.717) is 6.54 Å². The molecule has 0 radical (unpaired) electrons. The molecule has 0 aliphatic heterocycles. The van der Waals surface area contributed by atoms with Gasteiger partial charge in [-0.3, -0.25) is 0 Å². The lowest BCUT2D eigenvalue weighted by Gasteiger charge is -2.15. The summed E-state index contributed by atoms with van der Waals surface area (Å²) in [5.74, 6) is 0.820. The molecular formula is C17H21NO2S. The largest absolute Gasteiger partial charge is 0.491 e. The molecule has 0 saturated carbocycles. The third-order valence-electron chi connectivity index (χ3n) is 3.16. The van der Waals surface area contributed by atoms with Gasteiger partial charge >= 0.3 is 0 Å². The number of hydrogen-bond acceptors (Lipinski definition) is 4. The quantitative estimate of drug-likeness (QED) is 0.767. The molecule has 2 aromatic carbocycles. The SMILES string of the molecule is CSc1ccc(NCC(O)COc2ccccc2C)cc1. The lowest BCUT2D eigenvalue weighted by molar-refractivity contribution is 0.117. The zero-order valence-electron chi connectivity index (χ0n) is 12.4. The van der Waals surface area contributed by atoms with Gasteiger partial charge in [0.05, 0.1) is 0 Å². The Morgan fingerprint density at radius 2 is 1.86 bits per heavy atom. The van der Waals surface area contributed by atoms with Crippen molar-refractivity contribution in [3.63, 3.8) is 0 Å². The highest BCUT2D eigenvalue weighted by Gasteiger charge is 2.06. The maximum absolute atomic E-state index is 9.97. The monoisotopic (exact) mass is 303 g/mol. The van der Waals surface area contributed by atoms with Gasteiger partial charge in [0.25, 0.3) is 0 Å². The zero-order chi connectivity index (χ0) is 15.1. The molecule has 4 heteroatoms. The van der Waals surface area contributed by atoms with Crippen LogP contribution in [0.15, 0.2) is 53.4 Å². The second-order valence-corrected chi connectivity index (χ2v) is 5.72. The van der Waals surface area contributed by atoms with E-state index in [9.17, 15) is 5.11 Å². The fourth-order valence-electron chi connectivity index (χ4n) is 1.91. The first-order chi connectivity index (χ1) is 10.2. The number of para-hydroxylation sites is 1. The molecule has 0 saturated heterocycles. The van der Waals surface area contributed by atoms with E-state index in [-0.39, 0.29) is 6.61 Å². The van der Waals surface area contributed by atoms with Gasteiger partial charge in [0.1, 0.15) is 18.5 Å². The number of anilines is 1. The van der Waals surface area contributed by atoms with Crippen molar-refractivity contribution >= 4 is 17.4 Å². The molecule has 2 rings (SSSR count). The van der Waals surface area contributed by atoms with Crippen LogP contribution >= 0.6 is 11.8 Å². The fourth-order valence-corrected chi connectivity index (χ4v) is 2.32. The predicted octanol–water partition coefficient (Wildman–Crippen LogP) is 3.57. The van der Waals surface area contributed by atoms with Gasteiger partial charge in [-0.1, -0.05) is 18.2 Å². The number of nitrogens with one attached hydrogen (secondary N) is 1. The van der Waals surface area contributed by atoms with Gasteiger partial charge in [-0.25, -0.2) is 0 Å². The highest BCUT2D eigenvalue weighted by atomic mass is 32.2. The Morgan fingerprint density at radius 1 is 1.14 bits per heavy atom. The van der Waals surface area contributed by atoms with Crippen LogP contribution in [-0.2, 0) is 0 Å².